The summed E-state index contributed by atoms with van der Waals surface area (Å²) < 4.78 is 20.1. The molecule has 0 aromatic heterocycles. The van der Waals surface area contributed by atoms with Crippen LogP contribution in [0.5, 0.6) is 0 Å². The van der Waals surface area contributed by atoms with E-state index in [1.165, 1.54) is 0 Å². The van der Waals surface area contributed by atoms with Gasteiger partial charge in [0.2, 0.25) is 0 Å². The van der Waals surface area contributed by atoms with E-state index in [1.807, 2.05) is 0 Å². The van der Waals surface area contributed by atoms with Crippen LogP contribution in [-0.2, 0) is 35.1 Å². The topological polar surface area (TPSA) is 129 Å². The van der Waals surface area contributed by atoms with Crippen molar-refractivity contribution in [2.75, 3.05) is 7.11 Å². The number of amides is 2. The fraction of sp³-hybridized carbons (Fsp3) is 0.455. The van der Waals surface area contributed by atoms with Crippen LogP contribution in [0.25, 0.3) is 0 Å². The summed E-state index contributed by atoms with van der Waals surface area (Å²) in [5.74, 6) is -2.20. The summed E-state index contributed by atoms with van der Waals surface area (Å²) in [4.78, 5) is 49.7. The highest BCUT2D eigenvalue weighted by atomic mass is 16.6. The number of esters is 2. The second-order valence-electron chi connectivity index (χ2n) is 8.56. The lowest BCUT2D eigenvalue weighted by molar-refractivity contribution is -0.151. The number of carbonyl (C=O) groups is 4. The number of ether oxygens (including phenoxy) is 4. The Hall–Kier alpha value is -3.56. The minimum atomic E-state index is -1.11. The highest BCUT2D eigenvalue weighted by molar-refractivity contribution is 6.03. The zero-order chi connectivity index (χ0) is 24.5. The van der Waals surface area contributed by atoms with Crippen LogP contribution < -0.4 is 10.6 Å². The standard InChI is InChI=1S/C22H30N2O8/c1-21(2,3)31-18(26)16(24-20(28)32-22(4,5)6)15(17(25)29-7)23-19(27)30-13-14-11-9-8-10-12-14/h8-12H,13H2,1-7H3,(H,23,27)(H,24,28)/b16-15+. The minimum absolute atomic E-state index is 0.0949. The highest BCUT2D eigenvalue weighted by Crippen LogP contribution is 2.14. The van der Waals surface area contributed by atoms with Crippen LogP contribution >= 0.6 is 0 Å². The molecule has 0 aliphatic heterocycles. The number of hydrogen-bond acceptors (Lipinski definition) is 8. The summed E-state index contributed by atoms with van der Waals surface area (Å²) in [5.41, 5.74) is -2.50. The normalized spacial score (nSPS) is 12.1. The van der Waals surface area contributed by atoms with Crippen LogP contribution in [0.15, 0.2) is 41.7 Å². The van der Waals surface area contributed by atoms with Crippen molar-refractivity contribution in [1.82, 2.24) is 10.6 Å². The first-order valence-electron chi connectivity index (χ1n) is 9.75. The van der Waals surface area contributed by atoms with Gasteiger partial charge in [0.05, 0.1) is 7.11 Å². The van der Waals surface area contributed by atoms with E-state index in [4.69, 9.17) is 14.2 Å². The van der Waals surface area contributed by atoms with Gasteiger partial charge in [0.1, 0.15) is 17.8 Å². The third-order valence-corrected chi connectivity index (χ3v) is 3.31. The fourth-order valence-electron chi connectivity index (χ4n) is 2.13. The maximum atomic E-state index is 12.7. The second kappa shape index (κ2) is 11.2. The Kier molecular flexibility index (Phi) is 9.24. The average molecular weight is 450 g/mol. The van der Waals surface area contributed by atoms with Crippen molar-refractivity contribution in [3.8, 4) is 0 Å². The van der Waals surface area contributed by atoms with Crippen LogP contribution in [-0.4, -0.2) is 42.4 Å². The van der Waals surface area contributed by atoms with Crippen molar-refractivity contribution < 1.29 is 38.1 Å². The quantitative estimate of drug-likeness (QED) is 0.384. The first kappa shape index (κ1) is 26.5. The summed E-state index contributed by atoms with van der Waals surface area (Å²) in [7, 11) is 1.04. The molecule has 1 rings (SSSR count). The van der Waals surface area contributed by atoms with E-state index in [0.717, 1.165) is 7.11 Å². The van der Waals surface area contributed by atoms with Crippen molar-refractivity contribution in [1.29, 1.82) is 0 Å². The molecule has 0 heterocycles. The van der Waals surface area contributed by atoms with Gasteiger partial charge in [-0.2, -0.15) is 0 Å². The van der Waals surface area contributed by atoms with E-state index in [2.05, 4.69) is 15.4 Å². The molecule has 0 bridgehead atoms. The number of hydrogen-bond donors (Lipinski definition) is 2. The van der Waals surface area contributed by atoms with Crippen LogP contribution in [0.4, 0.5) is 9.59 Å². The van der Waals surface area contributed by atoms with Gasteiger partial charge in [-0.3, -0.25) is 10.6 Å². The SMILES string of the molecule is COC(=O)/C(NC(=O)OCc1ccccc1)=C(\NC(=O)OC(C)(C)C)C(=O)OC(C)(C)C. The molecule has 0 spiro atoms. The highest BCUT2D eigenvalue weighted by Gasteiger charge is 2.31. The number of rotatable bonds is 6. The summed E-state index contributed by atoms with van der Waals surface area (Å²) in [6, 6.07) is 8.81. The van der Waals surface area contributed by atoms with Crippen molar-refractivity contribution in [3.05, 3.63) is 47.3 Å². The van der Waals surface area contributed by atoms with Gasteiger partial charge in [-0.15, -0.1) is 0 Å². The molecule has 0 aliphatic carbocycles. The van der Waals surface area contributed by atoms with E-state index in [9.17, 15) is 19.2 Å². The molecule has 0 fully saturated rings. The Morgan fingerprint density at radius 3 is 1.75 bits per heavy atom. The smallest absolute Gasteiger partial charge is 0.412 e. The molecule has 2 N–H and O–H groups in total. The van der Waals surface area contributed by atoms with Gasteiger partial charge in [0.25, 0.3) is 0 Å². The molecule has 1 aromatic rings. The van der Waals surface area contributed by atoms with E-state index in [0.29, 0.717) is 5.56 Å². The Morgan fingerprint density at radius 1 is 0.750 bits per heavy atom. The number of carbonyl (C=O) groups excluding carboxylic acids is 4. The Morgan fingerprint density at radius 2 is 1.25 bits per heavy atom. The van der Waals surface area contributed by atoms with Gasteiger partial charge in [0, 0.05) is 0 Å². The maximum Gasteiger partial charge on any atom is 0.412 e. The van der Waals surface area contributed by atoms with Gasteiger partial charge < -0.3 is 18.9 Å². The molecule has 0 aliphatic rings. The van der Waals surface area contributed by atoms with Crippen molar-refractivity contribution in [2.24, 2.45) is 0 Å². The molecule has 32 heavy (non-hydrogen) atoms. The largest absolute Gasteiger partial charge is 0.464 e. The monoisotopic (exact) mass is 450 g/mol. The lowest BCUT2D eigenvalue weighted by atomic mass is 10.2. The van der Waals surface area contributed by atoms with Gasteiger partial charge in [0.15, 0.2) is 11.4 Å². The lowest BCUT2D eigenvalue weighted by Gasteiger charge is -2.24. The predicted octanol–water partition coefficient (Wildman–Crippen LogP) is 3.16. The first-order chi connectivity index (χ1) is 14.7. The summed E-state index contributed by atoms with van der Waals surface area (Å²) >= 11 is 0. The fourth-order valence-corrected chi connectivity index (χ4v) is 2.13. The Bertz CT molecular complexity index is 864. The van der Waals surface area contributed by atoms with Gasteiger partial charge in [-0.1, -0.05) is 30.3 Å². The van der Waals surface area contributed by atoms with Crippen molar-refractivity contribution >= 4 is 24.1 Å². The molecule has 0 saturated heterocycles. The summed E-state index contributed by atoms with van der Waals surface area (Å²) in [5, 5.41) is 4.31. The molecule has 0 saturated carbocycles. The van der Waals surface area contributed by atoms with E-state index in [-0.39, 0.29) is 6.61 Å². The Balaban J connectivity index is 3.22. The van der Waals surface area contributed by atoms with Crippen LogP contribution in [0, 0.1) is 0 Å². The molecule has 176 valence electrons. The average Bonchev–Trinajstić information content (AvgIpc) is 2.66. The van der Waals surface area contributed by atoms with Crippen molar-refractivity contribution in [3.63, 3.8) is 0 Å². The van der Waals surface area contributed by atoms with Crippen LogP contribution in [0.3, 0.4) is 0 Å². The van der Waals surface area contributed by atoms with Gasteiger partial charge in [-0.05, 0) is 47.1 Å². The molecular weight excluding hydrogens is 420 g/mol. The number of methoxy groups -OCH3 is 1. The molecule has 0 unspecified atom stereocenters. The lowest BCUT2D eigenvalue weighted by Crippen LogP contribution is -2.41. The third kappa shape index (κ3) is 9.96. The zero-order valence-corrected chi connectivity index (χ0v) is 19.4. The predicted molar refractivity (Wildman–Crippen MR) is 114 cm³/mol. The maximum absolute atomic E-state index is 12.7. The van der Waals surface area contributed by atoms with E-state index >= 15 is 0 Å². The molecular formula is C22H30N2O8. The molecule has 0 atom stereocenters. The summed E-state index contributed by atoms with van der Waals surface area (Å²) in [6.45, 7) is 9.53. The second-order valence-corrected chi connectivity index (χ2v) is 8.56. The molecule has 10 nitrogen and oxygen atoms in total. The van der Waals surface area contributed by atoms with Crippen LogP contribution in [0.2, 0.25) is 0 Å². The third-order valence-electron chi connectivity index (χ3n) is 3.31. The number of alkyl carbamates (subject to hydrolysis) is 2. The van der Waals surface area contributed by atoms with E-state index < -0.39 is 46.7 Å². The van der Waals surface area contributed by atoms with Crippen LogP contribution in [0.1, 0.15) is 47.1 Å². The van der Waals surface area contributed by atoms with Gasteiger partial charge >= 0.3 is 24.1 Å². The van der Waals surface area contributed by atoms with E-state index in [1.54, 1.807) is 71.9 Å². The Labute approximate surface area is 187 Å². The minimum Gasteiger partial charge on any atom is -0.464 e. The van der Waals surface area contributed by atoms with Gasteiger partial charge in [-0.25, -0.2) is 19.2 Å². The number of nitrogens with one attached hydrogen (secondary N) is 2. The molecule has 10 heteroatoms. The summed E-state index contributed by atoms with van der Waals surface area (Å²) in [6.07, 6.45) is -2.10. The number of benzene rings is 1. The molecule has 2 amide bonds. The van der Waals surface area contributed by atoms with Crippen molar-refractivity contribution in [2.45, 2.75) is 59.4 Å². The first-order valence-corrected chi connectivity index (χ1v) is 9.75. The molecule has 1 aromatic carbocycles. The molecule has 0 radical (unpaired) electrons. The zero-order valence-electron chi connectivity index (χ0n) is 19.4.